The largest absolute Gasteiger partial charge is 0.545 e. The van der Waals surface area contributed by atoms with Crippen molar-refractivity contribution in [2.24, 2.45) is 0 Å². The Morgan fingerprint density at radius 3 is 2.48 bits per heavy atom. The van der Waals surface area contributed by atoms with Gasteiger partial charge in [0.2, 0.25) is 0 Å². The number of hydrogen-bond acceptors (Lipinski definition) is 5. The van der Waals surface area contributed by atoms with Crippen LogP contribution >= 0.6 is 0 Å². The molecule has 1 heterocycles. The van der Waals surface area contributed by atoms with Gasteiger partial charge in [0.25, 0.3) is 0 Å². The van der Waals surface area contributed by atoms with Gasteiger partial charge >= 0.3 is 0 Å². The van der Waals surface area contributed by atoms with Crippen LogP contribution in [0.15, 0.2) is 78.9 Å². The summed E-state index contributed by atoms with van der Waals surface area (Å²) in [6.45, 7) is 0.422. The minimum Gasteiger partial charge on any atom is -0.545 e. The van der Waals surface area contributed by atoms with E-state index in [0.717, 1.165) is 11.1 Å². The number of methoxy groups -OCH3 is 1. The number of carbonyl (C=O) groups is 1. The van der Waals surface area contributed by atoms with Crippen LogP contribution in [0.4, 0.5) is 0 Å². The Labute approximate surface area is 180 Å². The fraction of sp³-hybridized carbons (Fsp3) is 0.0769. The molecule has 154 valence electrons. The van der Waals surface area contributed by atoms with Gasteiger partial charge < -0.3 is 19.4 Å². The van der Waals surface area contributed by atoms with E-state index in [9.17, 15) is 9.90 Å². The number of hydrogen-bond donors (Lipinski definition) is 0. The average molecular weight is 410 g/mol. The van der Waals surface area contributed by atoms with Crippen molar-refractivity contribution >= 4 is 29.0 Å². The minimum absolute atomic E-state index is 0.117. The second-order valence-electron chi connectivity index (χ2n) is 6.92. The summed E-state index contributed by atoms with van der Waals surface area (Å²) in [4.78, 5) is 16.1. The van der Waals surface area contributed by atoms with Crippen molar-refractivity contribution in [3.63, 3.8) is 0 Å². The predicted molar refractivity (Wildman–Crippen MR) is 119 cm³/mol. The third-order valence-electron chi connectivity index (χ3n) is 4.83. The lowest BCUT2D eigenvalue weighted by molar-refractivity contribution is -0.254. The standard InChI is InChI=1S/C26H21NO4/c1-30-24-14-12-18(15-25(24)31-17-19-7-3-2-4-8-19)11-13-20-16-22(26(28)29)21-9-5-6-10-23(21)27-20/h2-16H,17H2,1H3,(H,28,29)/p-1/b13-11+. The van der Waals surface area contributed by atoms with E-state index >= 15 is 0 Å². The van der Waals surface area contributed by atoms with Crippen molar-refractivity contribution in [3.05, 3.63) is 101 Å². The molecule has 3 aromatic carbocycles. The number of pyridine rings is 1. The highest BCUT2D eigenvalue weighted by molar-refractivity contribution is 6.02. The van der Waals surface area contributed by atoms with E-state index in [4.69, 9.17) is 9.47 Å². The molecule has 0 saturated heterocycles. The quantitative estimate of drug-likeness (QED) is 0.453. The Balaban J connectivity index is 1.61. The number of para-hydroxylation sites is 1. The lowest BCUT2D eigenvalue weighted by atomic mass is 10.1. The monoisotopic (exact) mass is 410 g/mol. The molecule has 4 rings (SSSR count). The smallest absolute Gasteiger partial charge is 0.162 e. The number of carboxylic acid groups (broad SMARTS) is 1. The molecule has 0 aliphatic heterocycles. The molecule has 0 radical (unpaired) electrons. The highest BCUT2D eigenvalue weighted by Crippen LogP contribution is 2.30. The molecule has 0 bridgehead atoms. The average Bonchev–Trinajstić information content (AvgIpc) is 2.81. The number of rotatable bonds is 7. The van der Waals surface area contributed by atoms with Gasteiger partial charge in [0.1, 0.15) is 6.61 Å². The fourth-order valence-corrected chi connectivity index (χ4v) is 3.28. The summed E-state index contributed by atoms with van der Waals surface area (Å²) in [5.74, 6) is 0.0286. The van der Waals surface area contributed by atoms with E-state index in [1.165, 1.54) is 6.07 Å². The van der Waals surface area contributed by atoms with Crippen LogP contribution in [0.25, 0.3) is 23.1 Å². The second kappa shape index (κ2) is 9.13. The molecular formula is C26H20NO4-. The van der Waals surface area contributed by atoms with Crippen LogP contribution in [0.5, 0.6) is 11.5 Å². The first-order chi connectivity index (χ1) is 15.1. The van der Waals surface area contributed by atoms with E-state index in [0.29, 0.717) is 34.7 Å². The van der Waals surface area contributed by atoms with Crippen LogP contribution in [0.1, 0.15) is 27.2 Å². The van der Waals surface area contributed by atoms with Gasteiger partial charge in [0.05, 0.1) is 24.3 Å². The maximum Gasteiger partial charge on any atom is 0.162 e. The first-order valence-electron chi connectivity index (χ1n) is 9.78. The molecule has 0 atom stereocenters. The normalized spacial score (nSPS) is 11.0. The first kappa shape index (κ1) is 20.2. The number of aromatic carboxylic acids is 1. The number of fused-ring (bicyclic) bond motifs is 1. The van der Waals surface area contributed by atoms with E-state index in [2.05, 4.69) is 4.98 Å². The number of aromatic nitrogens is 1. The van der Waals surface area contributed by atoms with Crippen molar-refractivity contribution in [1.29, 1.82) is 0 Å². The lowest BCUT2D eigenvalue weighted by Gasteiger charge is -2.11. The van der Waals surface area contributed by atoms with E-state index < -0.39 is 5.97 Å². The molecule has 0 amide bonds. The van der Waals surface area contributed by atoms with Crippen LogP contribution in [0.2, 0.25) is 0 Å². The highest BCUT2D eigenvalue weighted by atomic mass is 16.5. The van der Waals surface area contributed by atoms with Gasteiger partial charge in [-0.15, -0.1) is 0 Å². The maximum atomic E-state index is 11.6. The van der Waals surface area contributed by atoms with Crippen molar-refractivity contribution in [3.8, 4) is 11.5 Å². The Bertz CT molecular complexity index is 1250. The molecule has 0 fully saturated rings. The zero-order valence-corrected chi connectivity index (χ0v) is 16.9. The van der Waals surface area contributed by atoms with Crippen LogP contribution in [0.3, 0.4) is 0 Å². The number of ether oxygens (including phenoxy) is 2. The molecule has 0 aliphatic rings. The molecule has 0 N–H and O–H groups in total. The zero-order chi connectivity index (χ0) is 21.6. The van der Waals surface area contributed by atoms with Gasteiger partial charge in [0.15, 0.2) is 11.5 Å². The summed E-state index contributed by atoms with van der Waals surface area (Å²) >= 11 is 0. The lowest BCUT2D eigenvalue weighted by Crippen LogP contribution is -2.22. The van der Waals surface area contributed by atoms with E-state index in [1.807, 2.05) is 60.7 Å². The number of benzene rings is 3. The van der Waals surface area contributed by atoms with Crippen LogP contribution in [-0.2, 0) is 6.61 Å². The molecule has 0 spiro atoms. The van der Waals surface area contributed by atoms with Gasteiger partial charge in [-0.25, -0.2) is 4.98 Å². The van der Waals surface area contributed by atoms with Crippen molar-refractivity contribution in [1.82, 2.24) is 4.98 Å². The summed E-state index contributed by atoms with van der Waals surface area (Å²) in [6, 6.07) is 24.1. The Kier molecular flexibility index (Phi) is 5.94. The minimum atomic E-state index is -1.23. The molecule has 0 saturated carbocycles. The summed E-state index contributed by atoms with van der Waals surface area (Å²) in [5, 5.41) is 12.1. The number of carboxylic acids is 1. The van der Waals surface area contributed by atoms with Gasteiger partial charge in [-0.05, 0) is 41.5 Å². The summed E-state index contributed by atoms with van der Waals surface area (Å²) < 4.78 is 11.4. The summed E-state index contributed by atoms with van der Waals surface area (Å²) in [7, 11) is 1.60. The fourth-order valence-electron chi connectivity index (χ4n) is 3.28. The molecule has 5 nitrogen and oxygen atoms in total. The van der Waals surface area contributed by atoms with Crippen LogP contribution in [0, 0.1) is 0 Å². The third-order valence-corrected chi connectivity index (χ3v) is 4.83. The molecular weight excluding hydrogens is 390 g/mol. The summed E-state index contributed by atoms with van der Waals surface area (Å²) in [5.41, 5.74) is 3.17. The molecule has 31 heavy (non-hydrogen) atoms. The first-order valence-corrected chi connectivity index (χ1v) is 9.78. The zero-order valence-electron chi connectivity index (χ0n) is 16.9. The highest BCUT2D eigenvalue weighted by Gasteiger charge is 2.07. The van der Waals surface area contributed by atoms with Crippen LogP contribution < -0.4 is 14.6 Å². The van der Waals surface area contributed by atoms with Crippen molar-refractivity contribution in [2.75, 3.05) is 7.11 Å². The van der Waals surface area contributed by atoms with Crippen LogP contribution in [-0.4, -0.2) is 18.1 Å². The summed E-state index contributed by atoms with van der Waals surface area (Å²) in [6.07, 6.45) is 3.62. The Morgan fingerprint density at radius 2 is 1.71 bits per heavy atom. The van der Waals surface area contributed by atoms with Crippen molar-refractivity contribution in [2.45, 2.75) is 6.61 Å². The van der Waals surface area contributed by atoms with Gasteiger partial charge in [-0.1, -0.05) is 60.7 Å². The van der Waals surface area contributed by atoms with Crippen molar-refractivity contribution < 1.29 is 19.4 Å². The maximum absolute atomic E-state index is 11.6. The molecule has 0 unspecified atom stereocenters. The number of carbonyl (C=O) groups excluding carboxylic acids is 1. The molecule has 1 aromatic heterocycles. The third kappa shape index (κ3) is 4.73. The van der Waals surface area contributed by atoms with Gasteiger partial charge in [-0.2, -0.15) is 0 Å². The molecule has 0 aliphatic carbocycles. The van der Waals surface area contributed by atoms with E-state index in [-0.39, 0.29) is 5.56 Å². The SMILES string of the molecule is COc1ccc(/C=C/c2cc(C(=O)[O-])c3ccccc3n2)cc1OCc1ccccc1. The van der Waals surface area contributed by atoms with Gasteiger partial charge in [-0.3, -0.25) is 0 Å². The second-order valence-corrected chi connectivity index (χ2v) is 6.92. The molecule has 5 heteroatoms. The predicted octanol–water partition coefficient (Wildman–Crippen LogP) is 4.36. The topological polar surface area (TPSA) is 71.5 Å². The Morgan fingerprint density at radius 1 is 0.935 bits per heavy atom. The Hall–Kier alpha value is -4.12. The van der Waals surface area contributed by atoms with Gasteiger partial charge in [0, 0.05) is 10.9 Å². The molecule has 4 aromatic rings. The number of nitrogens with zero attached hydrogens (tertiary/aromatic N) is 1. The van der Waals surface area contributed by atoms with E-state index in [1.54, 1.807) is 31.4 Å².